The lowest BCUT2D eigenvalue weighted by molar-refractivity contribution is 0.0893. The van der Waals surface area contributed by atoms with Crippen molar-refractivity contribution in [3.63, 3.8) is 0 Å². The Balaban J connectivity index is 1.81. The molecule has 0 amide bonds. The fraction of sp³-hybridized carbons (Fsp3) is 0.0667. The lowest BCUT2D eigenvalue weighted by Gasteiger charge is -2.34. The van der Waals surface area contributed by atoms with Gasteiger partial charge in [0.1, 0.15) is 17.2 Å². The molecule has 0 spiro atoms. The molecule has 0 saturated carbocycles. The van der Waals surface area contributed by atoms with Crippen LogP contribution in [0.4, 0.5) is 0 Å². The van der Waals surface area contributed by atoms with Gasteiger partial charge >= 0.3 is 0 Å². The first-order chi connectivity index (χ1) is 19.0. The van der Waals surface area contributed by atoms with Crippen LogP contribution in [0, 0.1) is 5.92 Å². The van der Waals surface area contributed by atoms with Gasteiger partial charge in [0, 0.05) is 17.6 Å². The van der Waals surface area contributed by atoms with E-state index in [-0.39, 0.29) is 28.2 Å². The Labute approximate surface area is 226 Å². The van der Waals surface area contributed by atoms with Gasteiger partial charge in [0.05, 0.1) is 17.0 Å². The van der Waals surface area contributed by atoms with Gasteiger partial charge in [-0.2, -0.15) is 0 Å². The van der Waals surface area contributed by atoms with Crippen LogP contribution in [-0.4, -0.2) is 52.4 Å². The number of ketones is 2. The van der Waals surface area contributed by atoms with Crippen molar-refractivity contribution in [2.24, 2.45) is 5.92 Å². The van der Waals surface area contributed by atoms with Gasteiger partial charge in [-0.25, -0.2) is 0 Å². The quantitative estimate of drug-likeness (QED) is 0.133. The van der Waals surface area contributed by atoms with E-state index in [1.54, 1.807) is 0 Å². The van der Waals surface area contributed by atoms with E-state index in [4.69, 9.17) is 0 Å². The Kier molecular flexibility index (Phi) is 6.23. The zero-order valence-electron chi connectivity index (χ0n) is 20.5. The highest BCUT2D eigenvalue weighted by Gasteiger charge is 2.42. The number of phenols is 8. The molecule has 0 unspecified atom stereocenters. The summed E-state index contributed by atoms with van der Waals surface area (Å²) < 4.78 is 0. The number of aromatic hydroxyl groups is 8. The summed E-state index contributed by atoms with van der Waals surface area (Å²) in [7, 11) is 0. The van der Waals surface area contributed by atoms with Gasteiger partial charge in [0.15, 0.2) is 34.6 Å². The Morgan fingerprint density at radius 2 is 1.20 bits per heavy atom. The first kappa shape index (κ1) is 26.0. The first-order valence-corrected chi connectivity index (χ1v) is 11.9. The second kappa shape index (κ2) is 9.59. The smallest absolute Gasteiger partial charge is 0.201 e. The van der Waals surface area contributed by atoms with Crippen LogP contribution in [0.1, 0.15) is 43.3 Å². The first-order valence-electron chi connectivity index (χ1n) is 11.9. The van der Waals surface area contributed by atoms with Gasteiger partial charge in [-0.1, -0.05) is 12.1 Å². The molecule has 0 heterocycles. The van der Waals surface area contributed by atoms with Crippen molar-refractivity contribution in [1.82, 2.24) is 0 Å². The van der Waals surface area contributed by atoms with Crippen LogP contribution in [-0.2, 0) is 0 Å². The van der Waals surface area contributed by atoms with Crippen LogP contribution in [0.3, 0.4) is 0 Å². The van der Waals surface area contributed by atoms with Gasteiger partial charge in [-0.3, -0.25) is 9.59 Å². The number of Topliss-reactive ketones (excluding diaryl/α,β-unsaturated/α-hetero) is 2. The molecular formula is C30H22O10. The maximum absolute atomic E-state index is 14.1. The van der Waals surface area contributed by atoms with Crippen molar-refractivity contribution in [2.75, 3.05) is 0 Å². The zero-order chi connectivity index (χ0) is 28.9. The van der Waals surface area contributed by atoms with Gasteiger partial charge in [-0.15, -0.1) is 0 Å². The largest absolute Gasteiger partial charge is 0.508 e. The number of carbonyl (C=O) groups excluding carboxylic acids is 2. The van der Waals surface area contributed by atoms with Gasteiger partial charge < -0.3 is 40.9 Å². The molecule has 10 heteroatoms. The maximum atomic E-state index is 14.1. The van der Waals surface area contributed by atoms with Crippen LogP contribution in [0.25, 0.3) is 6.08 Å². The van der Waals surface area contributed by atoms with Crippen LogP contribution in [0.15, 0.2) is 72.3 Å². The number of carbonyl (C=O) groups is 2. The number of allylic oxidation sites excluding steroid dienone is 1. The molecule has 5 rings (SSSR count). The molecule has 0 radical (unpaired) electrons. The van der Waals surface area contributed by atoms with E-state index >= 15 is 0 Å². The minimum absolute atomic E-state index is 0.0799. The third kappa shape index (κ3) is 4.27. The molecule has 0 aromatic heterocycles. The predicted molar refractivity (Wildman–Crippen MR) is 141 cm³/mol. The minimum atomic E-state index is -1.42. The Hall–Kier alpha value is -5.64. The van der Waals surface area contributed by atoms with Crippen LogP contribution in [0.2, 0.25) is 0 Å². The summed E-state index contributed by atoms with van der Waals surface area (Å²) in [6.07, 6.45) is 1.29. The molecule has 0 bridgehead atoms. The molecule has 0 aliphatic heterocycles. The monoisotopic (exact) mass is 542 g/mol. The van der Waals surface area contributed by atoms with Gasteiger partial charge in [-0.05, 0) is 71.3 Å². The Bertz CT molecular complexity index is 1720. The average molecular weight is 542 g/mol. The molecule has 1 aliphatic rings. The van der Waals surface area contributed by atoms with E-state index in [2.05, 4.69) is 0 Å². The molecule has 2 atom stereocenters. The van der Waals surface area contributed by atoms with E-state index < -0.39 is 63.5 Å². The molecular weight excluding hydrogens is 520 g/mol. The number of phenolic OH excluding ortho intramolecular Hbond substituents is 8. The van der Waals surface area contributed by atoms with Crippen LogP contribution < -0.4 is 0 Å². The molecule has 202 valence electrons. The van der Waals surface area contributed by atoms with Crippen LogP contribution in [0.5, 0.6) is 46.0 Å². The second-order valence-electron chi connectivity index (χ2n) is 9.34. The summed E-state index contributed by atoms with van der Waals surface area (Å²) in [5, 5.41) is 81.0. The molecule has 8 N–H and O–H groups in total. The predicted octanol–water partition coefficient (Wildman–Crippen LogP) is 4.24. The lowest BCUT2D eigenvalue weighted by Crippen LogP contribution is -2.32. The third-order valence-electron chi connectivity index (χ3n) is 6.91. The molecule has 4 aromatic rings. The highest BCUT2D eigenvalue weighted by Crippen LogP contribution is 2.49. The van der Waals surface area contributed by atoms with Crippen molar-refractivity contribution in [3.05, 3.63) is 100 Å². The van der Waals surface area contributed by atoms with Crippen molar-refractivity contribution in [2.45, 2.75) is 5.92 Å². The normalized spacial score (nSPS) is 16.1. The summed E-state index contributed by atoms with van der Waals surface area (Å²) >= 11 is 0. The SMILES string of the molecule is O=C(C1=Cc2cc(O)c(O)cc2[C@@H](c2ccc(O)cc2)[C@@H]1C(=O)c1ccc(O)cc1O)c1ccc(O)c(O)c1O. The van der Waals surface area contributed by atoms with Crippen molar-refractivity contribution >= 4 is 17.6 Å². The fourth-order valence-corrected chi connectivity index (χ4v) is 4.98. The average Bonchev–Trinajstić information content (AvgIpc) is 2.91. The molecule has 40 heavy (non-hydrogen) atoms. The van der Waals surface area contributed by atoms with E-state index in [1.165, 1.54) is 54.6 Å². The van der Waals surface area contributed by atoms with Gasteiger partial charge in [0.25, 0.3) is 0 Å². The van der Waals surface area contributed by atoms with E-state index in [1.807, 2.05) is 0 Å². The molecule has 10 nitrogen and oxygen atoms in total. The third-order valence-corrected chi connectivity index (χ3v) is 6.91. The number of benzene rings is 4. The number of fused-ring (bicyclic) bond motifs is 1. The lowest BCUT2D eigenvalue weighted by atomic mass is 9.67. The van der Waals surface area contributed by atoms with E-state index in [0.717, 1.165) is 18.2 Å². The summed E-state index contributed by atoms with van der Waals surface area (Å²) in [5.74, 6) is -8.63. The minimum Gasteiger partial charge on any atom is -0.508 e. The Morgan fingerprint density at radius 1 is 0.575 bits per heavy atom. The van der Waals surface area contributed by atoms with Crippen LogP contribution >= 0.6 is 0 Å². The maximum Gasteiger partial charge on any atom is 0.201 e. The van der Waals surface area contributed by atoms with Crippen molar-refractivity contribution in [1.29, 1.82) is 0 Å². The van der Waals surface area contributed by atoms with Gasteiger partial charge in [0.2, 0.25) is 5.75 Å². The number of rotatable bonds is 5. The topological polar surface area (TPSA) is 196 Å². The Morgan fingerprint density at radius 3 is 1.88 bits per heavy atom. The molecule has 0 fully saturated rings. The highest BCUT2D eigenvalue weighted by molar-refractivity contribution is 6.19. The second-order valence-corrected chi connectivity index (χ2v) is 9.34. The number of hydrogen-bond acceptors (Lipinski definition) is 10. The summed E-state index contributed by atoms with van der Waals surface area (Å²) in [6.45, 7) is 0. The standard InChI is InChI=1S/C30H22O10/c31-15-3-1-13(2-4-15)25-19-12-24(36)23(35)10-14(19)9-20(27(37)18-7-8-21(33)30(40)29(18)39)26(25)28(38)17-6-5-16(32)11-22(17)34/h1-12,25-26,31-36,39-40H/t25-,26-/m1/s1. The molecule has 4 aromatic carbocycles. The highest BCUT2D eigenvalue weighted by atomic mass is 16.3. The molecule has 0 saturated heterocycles. The molecule has 1 aliphatic carbocycles. The van der Waals surface area contributed by atoms with E-state index in [0.29, 0.717) is 11.1 Å². The van der Waals surface area contributed by atoms with Crippen molar-refractivity contribution < 1.29 is 50.4 Å². The van der Waals surface area contributed by atoms with Crippen molar-refractivity contribution in [3.8, 4) is 46.0 Å². The fourth-order valence-electron chi connectivity index (χ4n) is 4.98. The summed E-state index contributed by atoms with van der Waals surface area (Å²) in [6, 6.07) is 13.5. The summed E-state index contributed by atoms with van der Waals surface area (Å²) in [4.78, 5) is 28.1. The zero-order valence-corrected chi connectivity index (χ0v) is 20.5. The number of hydrogen-bond donors (Lipinski definition) is 8. The van der Waals surface area contributed by atoms with E-state index in [9.17, 15) is 50.4 Å². The summed E-state index contributed by atoms with van der Waals surface area (Å²) in [5.41, 5.74) is 0.0928.